The number of benzene rings is 2. The molecule has 3 heteroatoms. The Labute approximate surface area is 150 Å². The highest BCUT2D eigenvalue weighted by Gasteiger charge is 2.57. The third-order valence-corrected chi connectivity index (χ3v) is 5.93. The number of amides is 1. The largest absolute Gasteiger partial charge is 0.431 e. The summed E-state index contributed by atoms with van der Waals surface area (Å²) in [6, 6.07) is 20.1. The van der Waals surface area contributed by atoms with Crippen molar-refractivity contribution in [3.8, 4) is 0 Å². The van der Waals surface area contributed by atoms with E-state index in [1.807, 2.05) is 41.3 Å². The van der Waals surface area contributed by atoms with Gasteiger partial charge < -0.3 is 4.74 Å². The van der Waals surface area contributed by atoms with Crippen LogP contribution in [0.25, 0.3) is 0 Å². The molecule has 0 saturated carbocycles. The Morgan fingerprint density at radius 2 is 1.40 bits per heavy atom. The van der Waals surface area contributed by atoms with Crippen LogP contribution < -0.4 is 0 Å². The highest BCUT2D eigenvalue weighted by Crippen LogP contribution is 2.47. The van der Waals surface area contributed by atoms with Gasteiger partial charge in [0, 0.05) is 16.7 Å². The Kier molecular flexibility index (Phi) is 4.59. The van der Waals surface area contributed by atoms with Gasteiger partial charge in [-0.05, 0) is 26.7 Å². The quantitative estimate of drug-likeness (QED) is 0.736. The normalized spacial score (nSPS) is 19.8. The van der Waals surface area contributed by atoms with Gasteiger partial charge in [-0.15, -0.1) is 0 Å². The van der Waals surface area contributed by atoms with E-state index in [4.69, 9.17) is 4.74 Å². The van der Waals surface area contributed by atoms with Gasteiger partial charge in [-0.25, -0.2) is 4.79 Å². The predicted octanol–water partition coefficient (Wildman–Crippen LogP) is 5.35. The lowest BCUT2D eigenvalue weighted by Crippen LogP contribution is -2.52. The number of hydrogen-bond donors (Lipinski definition) is 0. The summed E-state index contributed by atoms with van der Waals surface area (Å²) in [6.45, 7) is 8.52. The van der Waals surface area contributed by atoms with Crippen molar-refractivity contribution in [3.05, 3.63) is 71.8 Å². The van der Waals surface area contributed by atoms with Gasteiger partial charge in [0.15, 0.2) is 5.60 Å². The minimum absolute atomic E-state index is 0.102. The van der Waals surface area contributed by atoms with Gasteiger partial charge in [0.1, 0.15) is 0 Å². The number of nitrogens with zero attached hydrogens (tertiary/aromatic N) is 1. The van der Waals surface area contributed by atoms with E-state index < -0.39 is 5.60 Å². The van der Waals surface area contributed by atoms with Gasteiger partial charge >= 0.3 is 6.09 Å². The zero-order valence-corrected chi connectivity index (χ0v) is 15.5. The van der Waals surface area contributed by atoms with Gasteiger partial charge in [0.2, 0.25) is 0 Å². The molecule has 3 rings (SSSR count). The molecular formula is C22H27NO2. The molecule has 0 spiro atoms. The fourth-order valence-electron chi connectivity index (χ4n) is 4.03. The average molecular weight is 337 g/mol. The molecule has 2 aromatic rings. The van der Waals surface area contributed by atoms with Crippen LogP contribution in [0.2, 0.25) is 0 Å². The molecule has 1 fully saturated rings. The lowest BCUT2D eigenvalue weighted by atomic mass is 9.79. The Bertz CT molecular complexity index is 683. The third-order valence-electron chi connectivity index (χ3n) is 5.93. The molecule has 1 aliphatic heterocycles. The molecule has 0 aliphatic carbocycles. The van der Waals surface area contributed by atoms with E-state index in [0.717, 1.165) is 24.0 Å². The van der Waals surface area contributed by atoms with E-state index in [-0.39, 0.29) is 17.7 Å². The van der Waals surface area contributed by atoms with E-state index in [1.165, 1.54) is 0 Å². The zero-order valence-electron chi connectivity index (χ0n) is 15.5. The summed E-state index contributed by atoms with van der Waals surface area (Å²) in [5, 5.41) is 0. The van der Waals surface area contributed by atoms with E-state index in [2.05, 4.69) is 52.0 Å². The van der Waals surface area contributed by atoms with Crippen LogP contribution in [-0.4, -0.2) is 22.6 Å². The topological polar surface area (TPSA) is 29.5 Å². The first-order chi connectivity index (χ1) is 12.0. The van der Waals surface area contributed by atoms with Gasteiger partial charge in [0.05, 0.1) is 6.04 Å². The van der Waals surface area contributed by atoms with Crippen molar-refractivity contribution in [2.24, 2.45) is 0 Å². The Balaban J connectivity index is 2.19. The smallest absolute Gasteiger partial charge is 0.411 e. The van der Waals surface area contributed by atoms with Crippen LogP contribution in [0, 0.1) is 0 Å². The second-order valence-corrected chi connectivity index (χ2v) is 7.09. The van der Waals surface area contributed by atoms with Crippen LogP contribution in [-0.2, 0) is 10.3 Å². The lowest BCUT2D eigenvalue weighted by Gasteiger charge is -2.41. The second kappa shape index (κ2) is 6.55. The second-order valence-electron chi connectivity index (χ2n) is 7.09. The van der Waals surface area contributed by atoms with Crippen molar-refractivity contribution < 1.29 is 9.53 Å². The van der Waals surface area contributed by atoms with Crippen LogP contribution >= 0.6 is 0 Å². The van der Waals surface area contributed by atoms with E-state index in [9.17, 15) is 4.79 Å². The molecule has 25 heavy (non-hydrogen) atoms. The summed E-state index contributed by atoms with van der Waals surface area (Å²) in [7, 11) is 0. The van der Waals surface area contributed by atoms with Crippen molar-refractivity contribution >= 4 is 6.09 Å². The predicted molar refractivity (Wildman–Crippen MR) is 100 cm³/mol. The van der Waals surface area contributed by atoms with Crippen molar-refractivity contribution in [2.75, 3.05) is 0 Å². The maximum Gasteiger partial charge on any atom is 0.411 e. The summed E-state index contributed by atoms with van der Waals surface area (Å²) < 4.78 is 6.18. The summed E-state index contributed by atoms with van der Waals surface area (Å²) in [5.41, 5.74) is 1.02. The summed E-state index contributed by atoms with van der Waals surface area (Å²) >= 11 is 0. The molecule has 0 bridgehead atoms. The highest BCUT2D eigenvalue weighted by molar-refractivity contribution is 5.74. The van der Waals surface area contributed by atoms with Crippen LogP contribution in [0.3, 0.4) is 0 Å². The molecule has 0 N–H and O–H groups in total. The SMILES string of the molecule is CCC(C)(CC)N1C(=O)OC(c2ccccc2)(c2ccccc2)C1C. The molecule has 1 heterocycles. The van der Waals surface area contributed by atoms with Gasteiger partial charge in [-0.2, -0.15) is 0 Å². The number of carbonyl (C=O) groups is 1. The minimum Gasteiger partial charge on any atom is -0.431 e. The zero-order chi connectivity index (χ0) is 18.1. The van der Waals surface area contributed by atoms with E-state index in [1.54, 1.807) is 0 Å². The molecule has 1 aliphatic rings. The van der Waals surface area contributed by atoms with Crippen molar-refractivity contribution in [1.82, 2.24) is 4.90 Å². The molecule has 1 amide bonds. The fraction of sp³-hybridized carbons (Fsp3) is 0.409. The first-order valence-electron chi connectivity index (χ1n) is 9.13. The number of carbonyl (C=O) groups excluding carboxylic acids is 1. The van der Waals surface area contributed by atoms with E-state index >= 15 is 0 Å². The van der Waals surface area contributed by atoms with Gasteiger partial charge in [0.25, 0.3) is 0 Å². The monoisotopic (exact) mass is 337 g/mol. The van der Waals surface area contributed by atoms with Gasteiger partial charge in [-0.1, -0.05) is 74.5 Å². The molecule has 0 radical (unpaired) electrons. The first-order valence-corrected chi connectivity index (χ1v) is 9.13. The number of cyclic esters (lactones) is 1. The standard InChI is InChI=1S/C22H27NO2/c1-5-21(4,6-2)23-17(3)22(25-20(23)24,18-13-9-7-10-14-18)19-15-11-8-12-16-19/h7-17H,5-6H2,1-4H3. The highest BCUT2D eigenvalue weighted by atomic mass is 16.6. The number of rotatable bonds is 5. The van der Waals surface area contributed by atoms with E-state index in [0.29, 0.717) is 0 Å². The molecule has 1 saturated heterocycles. The number of hydrogen-bond acceptors (Lipinski definition) is 2. The van der Waals surface area contributed by atoms with Crippen molar-refractivity contribution in [2.45, 2.75) is 57.7 Å². The Morgan fingerprint density at radius 1 is 0.960 bits per heavy atom. The Hall–Kier alpha value is -2.29. The fourth-order valence-corrected chi connectivity index (χ4v) is 4.03. The minimum atomic E-state index is -0.787. The Morgan fingerprint density at radius 3 is 1.80 bits per heavy atom. The molecule has 2 aromatic carbocycles. The van der Waals surface area contributed by atoms with Crippen LogP contribution in [0.15, 0.2) is 60.7 Å². The summed E-state index contributed by atoms with van der Waals surface area (Å²) in [5.74, 6) is 0. The first kappa shape index (κ1) is 17.5. The van der Waals surface area contributed by atoms with Gasteiger partial charge in [-0.3, -0.25) is 4.90 Å². The third kappa shape index (κ3) is 2.62. The molecule has 132 valence electrons. The lowest BCUT2D eigenvalue weighted by molar-refractivity contribution is 0.0696. The average Bonchev–Trinajstić information content (AvgIpc) is 2.94. The number of ether oxygens (including phenoxy) is 1. The van der Waals surface area contributed by atoms with Crippen molar-refractivity contribution in [3.63, 3.8) is 0 Å². The van der Waals surface area contributed by atoms with Crippen molar-refractivity contribution in [1.29, 1.82) is 0 Å². The summed E-state index contributed by atoms with van der Waals surface area (Å²) in [4.78, 5) is 15.0. The molecule has 1 unspecified atom stereocenters. The van der Waals surface area contributed by atoms with Crippen LogP contribution in [0.5, 0.6) is 0 Å². The molecule has 3 nitrogen and oxygen atoms in total. The van der Waals surface area contributed by atoms with Crippen LogP contribution in [0.4, 0.5) is 4.79 Å². The molecule has 0 aromatic heterocycles. The summed E-state index contributed by atoms with van der Waals surface area (Å²) in [6.07, 6.45) is 1.55. The van der Waals surface area contributed by atoms with Crippen LogP contribution in [0.1, 0.15) is 51.7 Å². The molecule has 1 atom stereocenters. The molecular weight excluding hydrogens is 310 g/mol. The maximum atomic E-state index is 13.0. The maximum absolute atomic E-state index is 13.0.